The first-order valence-corrected chi connectivity index (χ1v) is 7.17. The van der Waals surface area contributed by atoms with Crippen molar-refractivity contribution in [3.63, 3.8) is 0 Å². The molecule has 0 saturated heterocycles. The Morgan fingerprint density at radius 3 is 2.37 bits per heavy atom. The second kappa shape index (κ2) is 6.85. The molecule has 2 aromatic rings. The molecule has 0 bridgehead atoms. The van der Waals surface area contributed by atoms with Crippen molar-refractivity contribution in [3.8, 4) is 5.75 Å². The maximum absolute atomic E-state index is 6.25. The van der Waals surface area contributed by atoms with Crippen LogP contribution in [0.2, 0.25) is 5.02 Å². The Bertz CT molecular complexity index is 542. The van der Waals surface area contributed by atoms with Gasteiger partial charge in [-0.3, -0.25) is 0 Å². The molecule has 2 rings (SSSR count). The highest BCUT2D eigenvalue weighted by Crippen LogP contribution is 2.31. The minimum Gasteiger partial charge on any atom is -0.497 e. The van der Waals surface area contributed by atoms with Crippen molar-refractivity contribution < 1.29 is 4.74 Å². The largest absolute Gasteiger partial charge is 0.497 e. The van der Waals surface area contributed by atoms with Crippen LogP contribution in [-0.4, -0.2) is 14.2 Å². The molecule has 100 valence electrons. The zero-order valence-electron chi connectivity index (χ0n) is 10.9. The Morgan fingerprint density at radius 1 is 1.11 bits per heavy atom. The molecule has 2 aromatic carbocycles. The molecule has 0 atom stereocenters. The van der Waals surface area contributed by atoms with Crippen molar-refractivity contribution in [2.45, 2.75) is 16.3 Å². The van der Waals surface area contributed by atoms with Gasteiger partial charge in [0.15, 0.2) is 0 Å². The average molecular weight is 294 g/mol. The van der Waals surface area contributed by atoms with Gasteiger partial charge in [-0.1, -0.05) is 29.4 Å². The van der Waals surface area contributed by atoms with Crippen LogP contribution in [0.15, 0.2) is 52.3 Å². The van der Waals surface area contributed by atoms with E-state index in [1.807, 2.05) is 37.4 Å². The van der Waals surface area contributed by atoms with E-state index in [0.29, 0.717) is 0 Å². The molecule has 0 amide bonds. The van der Waals surface area contributed by atoms with E-state index >= 15 is 0 Å². The molecule has 0 aliphatic rings. The van der Waals surface area contributed by atoms with E-state index in [0.717, 1.165) is 27.8 Å². The zero-order valence-corrected chi connectivity index (χ0v) is 12.5. The monoisotopic (exact) mass is 293 g/mol. The van der Waals surface area contributed by atoms with E-state index in [4.69, 9.17) is 16.3 Å². The standard InChI is InChI=1S/C15H16ClNOS/c1-17-10-11-3-6-14(9-15(11)16)19-13-7-4-12(18-2)5-8-13/h3-9,17H,10H2,1-2H3. The van der Waals surface area contributed by atoms with Gasteiger partial charge in [0.1, 0.15) is 5.75 Å². The molecule has 2 nitrogen and oxygen atoms in total. The third-order valence-electron chi connectivity index (χ3n) is 2.69. The van der Waals surface area contributed by atoms with Crippen LogP contribution in [0.3, 0.4) is 0 Å². The average Bonchev–Trinajstić information content (AvgIpc) is 2.43. The molecule has 0 saturated carbocycles. The first-order valence-electron chi connectivity index (χ1n) is 5.98. The van der Waals surface area contributed by atoms with Gasteiger partial charge in [-0.05, 0) is 49.0 Å². The summed E-state index contributed by atoms with van der Waals surface area (Å²) in [5.74, 6) is 0.867. The number of hydrogen-bond acceptors (Lipinski definition) is 3. The fourth-order valence-corrected chi connectivity index (χ4v) is 2.87. The minimum atomic E-state index is 0.784. The Morgan fingerprint density at radius 2 is 1.79 bits per heavy atom. The van der Waals surface area contributed by atoms with Gasteiger partial charge in [0.25, 0.3) is 0 Å². The number of rotatable bonds is 5. The topological polar surface area (TPSA) is 21.3 Å². The number of hydrogen-bond donors (Lipinski definition) is 1. The Kier molecular flexibility index (Phi) is 5.14. The summed E-state index contributed by atoms with van der Waals surface area (Å²) in [7, 11) is 3.58. The SMILES string of the molecule is CNCc1ccc(Sc2ccc(OC)cc2)cc1Cl. The molecule has 4 heteroatoms. The molecule has 0 fully saturated rings. The normalized spacial score (nSPS) is 10.5. The number of halogens is 1. The first-order chi connectivity index (χ1) is 9.22. The summed E-state index contributed by atoms with van der Waals surface area (Å²) in [6, 6.07) is 14.2. The minimum absolute atomic E-state index is 0.784. The van der Waals surface area contributed by atoms with Crippen LogP contribution in [0, 0.1) is 0 Å². The number of nitrogens with one attached hydrogen (secondary N) is 1. The van der Waals surface area contributed by atoms with E-state index in [2.05, 4.69) is 17.4 Å². The van der Waals surface area contributed by atoms with Crippen molar-refractivity contribution in [1.29, 1.82) is 0 Å². The van der Waals surface area contributed by atoms with E-state index in [9.17, 15) is 0 Å². The van der Waals surface area contributed by atoms with Crippen LogP contribution in [0.25, 0.3) is 0 Å². The van der Waals surface area contributed by atoms with E-state index in [-0.39, 0.29) is 0 Å². The molecular formula is C15H16ClNOS. The van der Waals surface area contributed by atoms with E-state index in [1.54, 1.807) is 18.9 Å². The molecule has 19 heavy (non-hydrogen) atoms. The van der Waals surface area contributed by atoms with Crippen LogP contribution in [0.5, 0.6) is 5.75 Å². The van der Waals surface area contributed by atoms with Crippen LogP contribution >= 0.6 is 23.4 Å². The third-order valence-corrected chi connectivity index (χ3v) is 4.04. The lowest BCUT2D eigenvalue weighted by Crippen LogP contribution is -2.05. The maximum Gasteiger partial charge on any atom is 0.118 e. The van der Waals surface area contributed by atoms with Crippen LogP contribution in [0.1, 0.15) is 5.56 Å². The summed E-state index contributed by atoms with van der Waals surface area (Å²) in [5, 5.41) is 3.90. The van der Waals surface area contributed by atoms with Crippen molar-refractivity contribution in [1.82, 2.24) is 5.32 Å². The van der Waals surface area contributed by atoms with E-state index < -0.39 is 0 Å². The molecule has 0 spiro atoms. The Balaban J connectivity index is 2.11. The van der Waals surface area contributed by atoms with Gasteiger partial charge in [-0.2, -0.15) is 0 Å². The maximum atomic E-state index is 6.25. The molecule has 0 radical (unpaired) electrons. The highest BCUT2D eigenvalue weighted by atomic mass is 35.5. The number of methoxy groups -OCH3 is 1. The van der Waals surface area contributed by atoms with Crippen molar-refractivity contribution in [3.05, 3.63) is 53.1 Å². The molecule has 0 aromatic heterocycles. The predicted octanol–water partition coefficient (Wildman–Crippen LogP) is 4.22. The lowest BCUT2D eigenvalue weighted by atomic mass is 10.2. The van der Waals surface area contributed by atoms with Crippen molar-refractivity contribution in [2.24, 2.45) is 0 Å². The fourth-order valence-electron chi connectivity index (χ4n) is 1.71. The second-order valence-electron chi connectivity index (χ2n) is 4.06. The fraction of sp³-hybridized carbons (Fsp3) is 0.200. The van der Waals surface area contributed by atoms with Crippen LogP contribution < -0.4 is 10.1 Å². The highest BCUT2D eigenvalue weighted by molar-refractivity contribution is 7.99. The molecule has 0 aliphatic carbocycles. The summed E-state index contributed by atoms with van der Waals surface area (Å²) in [6.07, 6.45) is 0. The molecule has 1 N–H and O–H groups in total. The summed E-state index contributed by atoms with van der Waals surface area (Å²) >= 11 is 7.94. The lowest BCUT2D eigenvalue weighted by Gasteiger charge is -2.07. The van der Waals surface area contributed by atoms with Gasteiger partial charge >= 0.3 is 0 Å². The van der Waals surface area contributed by atoms with Crippen LogP contribution in [-0.2, 0) is 6.54 Å². The zero-order chi connectivity index (χ0) is 13.7. The summed E-state index contributed by atoms with van der Waals surface area (Å²) < 4.78 is 5.14. The Hall–Kier alpha value is -1.16. The smallest absolute Gasteiger partial charge is 0.118 e. The van der Waals surface area contributed by atoms with Gasteiger partial charge < -0.3 is 10.1 Å². The predicted molar refractivity (Wildman–Crippen MR) is 81.3 cm³/mol. The van der Waals surface area contributed by atoms with Crippen molar-refractivity contribution in [2.75, 3.05) is 14.2 Å². The first kappa shape index (κ1) is 14.3. The van der Waals surface area contributed by atoms with Gasteiger partial charge in [0.05, 0.1) is 7.11 Å². The summed E-state index contributed by atoms with van der Waals surface area (Å²) in [5.41, 5.74) is 1.11. The highest BCUT2D eigenvalue weighted by Gasteiger charge is 2.03. The molecular weight excluding hydrogens is 278 g/mol. The van der Waals surface area contributed by atoms with Gasteiger partial charge in [0.2, 0.25) is 0 Å². The molecule has 0 unspecified atom stereocenters. The quantitative estimate of drug-likeness (QED) is 0.892. The van der Waals surface area contributed by atoms with Crippen LogP contribution in [0.4, 0.5) is 0 Å². The van der Waals surface area contributed by atoms with Crippen molar-refractivity contribution >= 4 is 23.4 Å². The summed E-state index contributed by atoms with van der Waals surface area (Å²) in [6.45, 7) is 0.784. The van der Waals surface area contributed by atoms with E-state index in [1.165, 1.54) is 4.90 Å². The van der Waals surface area contributed by atoms with Gasteiger partial charge in [-0.25, -0.2) is 0 Å². The van der Waals surface area contributed by atoms with Gasteiger partial charge in [0, 0.05) is 21.4 Å². The Labute approximate surface area is 123 Å². The number of ether oxygens (including phenoxy) is 1. The van der Waals surface area contributed by atoms with Gasteiger partial charge in [-0.15, -0.1) is 0 Å². The lowest BCUT2D eigenvalue weighted by molar-refractivity contribution is 0.414. The third kappa shape index (κ3) is 3.90. The summed E-state index contributed by atoms with van der Waals surface area (Å²) in [4.78, 5) is 2.30. The second-order valence-corrected chi connectivity index (χ2v) is 5.62. The molecule has 0 heterocycles. The molecule has 0 aliphatic heterocycles. The number of benzene rings is 2.